The Morgan fingerprint density at radius 1 is 0.926 bits per heavy atom. The molecular weight excluding hydrogens is 330 g/mol. The summed E-state index contributed by atoms with van der Waals surface area (Å²) in [6, 6.07) is 20.9. The molecular formula is C25H33NO. The first kappa shape index (κ1) is 19.8. The third-order valence-corrected chi connectivity index (χ3v) is 6.10. The Bertz CT molecular complexity index is 664. The van der Waals surface area contributed by atoms with Gasteiger partial charge in [0.05, 0.1) is 5.41 Å². The van der Waals surface area contributed by atoms with Crippen molar-refractivity contribution in [1.29, 1.82) is 0 Å². The van der Waals surface area contributed by atoms with Crippen LogP contribution in [0.15, 0.2) is 60.7 Å². The van der Waals surface area contributed by atoms with Crippen LogP contribution in [0.2, 0.25) is 0 Å². The number of piperidine rings is 1. The molecule has 0 N–H and O–H groups in total. The van der Waals surface area contributed by atoms with E-state index < -0.39 is 5.41 Å². The van der Waals surface area contributed by atoms with Crippen LogP contribution in [0.25, 0.3) is 0 Å². The molecule has 0 saturated carbocycles. The summed E-state index contributed by atoms with van der Waals surface area (Å²) in [5.74, 6) is 0.575. The van der Waals surface area contributed by atoms with Gasteiger partial charge >= 0.3 is 0 Å². The zero-order chi connectivity index (χ0) is 19.1. The molecule has 0 spiro atoms. The highest BCUT2D eigenvalue weighted by Crippen LogP contribution is 2.42. The summed E-state index contributed by atoms with van der Waals surface area (Å²) in [6.45, 7) is 7.67. The quantitative estimate of drug-likeness (QED) is 0.620. The molecule has 0 aliphatic carbocycles. The third-order valence-electron chi connectivity index (χ3n) is 6.10. The number of rotatable bonds is 8. The average molecular weight is 364 g/mol. The highest BCUT2D eigenvalue weighted by atomic mass is 16.1. The van der Waals surface area contributed by atoms with Crippen molar-refractivity contribution in [3.05, 3.63) is 71.8 Å². The molecule has 1 fully saturated rings. The average Bonchev–Trinajstić information content (AvgIpc) is 2.71. The minimum Gasteiger partial charge on any atom is -0.303 e. The highest BCUT2D eigenvalue weighted by Gasteiger charge is 2.45. The van der Waals surface area contributed by atoms with Crippen LogP contribution in [0.5, 0.6) is 0 Å². The van der Waals surface area contributed by atoms with Gasteiger partial charge in [-0.15, -0.1) is 0 Å². The second-order valence-corrected chi connectivity index (χ2v) is 7.98. The van der Waals surface area contributed by atoms with Crippen LogP contribution >= 0.6 is 0 Å². The molecule has 2 nitrogen and oxygen atoms in total. The van der Waals surface area contributed by atoms with Gasteiger partial charge in [0.15, 0.2) is 0 Å². The fraction of sp³-hybridized carbons (Fsp3) is 0.480. The van der Waals surface area contributed by atoms with Gasteiger partial charge in [-0.3, -0.25) is 4.79 Å². The van der Waals surface area contributed by atoms with Gasteiger partial charge in [-0.25, -0.2) is 0 Å². The summed E-state index contributed by atoms with van der Waals surface area (Å²) in [4.78, 5) is 16.3. The molecule has 144 valence electrons. The molecule has 2 heteroatoms. The van der Waals surface area contributed by atoms with E-state index in [2.05, 4.69) is 67.3 Å². The normalized spacial score (nSPS) is 16.8. The molecule has 2 aromatic carbocycles. The van der Waals surface area contributed by atoms with Crippen molar-refractivity contribution >= 4 is 5.78 Å². The van der Waals surface area contributed by atoms with Crippen LogP contribution in [-0.4, -0.2) is 30.3 Å². The Morgan fingerprint density at radius 3 is 1.93 bits per heavy atom. The van der Waals surface area contributed by atoms with E-state index in [4.69, 9.17) is 0 Å². The topological polar surface area (TPSA) is 20.3 Å². The van der Waals surface area contributed by atoms with E-state index in [1.165, 1.54) is 19.3 Å². The second kappa shape index (κ2) is 9.32. The molecule has 1 saturated heterocycles. The number of hydrogen-bond acceptors (Lipinski definition) is 2. The Morgan fingerprint density at radius 2 is 1.44 bits per heavy atom. The Hall–Kier alpha value is -1.93. The van der Waals surface area contributed by atoms with Crippen LogP contribution in [0.3, 0.4) is 0 Å². The van der Waals surface area contributed by atoms with Gasteiger partial charge in [0.1, 0.15) is 5.78 Å². The van der Waals surface area contributed by atoms with Crippen LogP contribution in [0.4, 0.5) is 0 Å². The van der Waals surface area contributed by atoms with Crippen LogP contribution < -0.4 is 0 Å². The Labute approximate surface area is 164 Å². The van der Waals surface area contributed by atoms with E-state index in [-0.39, 0.29) is 5.92 Å². The minimum atomic E-state index is -0.573. The fourth-order valence-corrected chi connectivity index (χ4v) is 4.83. The van der Waals surface area contributed by atoms with Gasteiger partial charge in [0.25, 0.3) is 0 Å². The van der Waals surface area contributed by atoms with E-state index in [1.807, 2.05) is 12.1 Å². The van der Waals surface area contributed by atoms with Gasteiger partial charge < -0.3 is 4.90 Å². The molecule has 1 aliphatic heterocycles. The van der Waals surface area contributed by atoms with Crippen molar-refractivity contribution in [2.24, 2.45) is 5.92 Å². The molecule has 1 heterocycles. The fourth-order valence-electron chi connectivity index (χ4n) is 4.83. The first-order chi connectivity index (χ1) is 13.2. The Balaban J connectivity index is 2.09. The zero-order valence-corrected chi connectivity index (χ0v) is 16.9. The Kier molecular flexibility index (Phi) is 6.84. The maximum absolute atomic E-state index is 13.7. The van der Waals surface area contributed by atoms with Gasteiger partial charge in [0.2, 0.25) is 0 Å². The third kappa shape index (κ3) is 4.16. The van der Waals surface area contributed by atoms with E-state index >= 15 is 0 Å². The summed E-state index contributed by atoms with van der Waals surface area (Å²) < 4.78 is 0. The van der Waals surface area contributed by atoms with Gasteiger partial charge in [0, 0.05) is 13.0 Å². The van der Waals surface area contributed by atoms with Gasteiger partial charge in [-0.2, -0.15) is 0 Å². The number of likely N-dealkylation sites (tertiary alicyclic amines) is 1. The molecule has 1 aliphatic rings. The number of ketones is 1. The van der Waals surface area contributed by atoms with Crippen molar-refractivity contribution in [2.75, 3.05) is 19.6 Å². The largest absolute Gasteiger partial charge is 0.303 e. The smallest absolute Gasteiger partial charge is 0.148 e. The van der Waals surface area contributed by atoms with Crippen LogP contribution in [0, 0.1) is 5.92 Å². The first-order valence-electron chi connectivity index (χ1n) is 10.6. The molecule has 0 radical (unpaired) electrons. The molecule has 2 aromatic rings. The summed E-state index contributed by atoms with van der Waals surface area (Å²) in [7, 11) is 0. The van der Waals surface area contributed by atoms with Crippen molar-refractivity contribution in [3.8, 4) is 0 Å². The summed E-state index contributed by atoms with van der Waals surface area (Å²) >= 11 is 0. The summed E-state index contributed by atoms with van der Waals surface area (Å²) in [6.07, 6.45) is 5.39. The van der Waals surface area contributed by atoms with Crippen molar-refractivity contribution < 1.29 is 4.79 Å². The van der Waals surface area contributed by atoms with Gasteiger partial charge in [-0.05, 0) is 49.4 Å². The molecule has 1 atom stereocenters. The SMILES string of the molecule is CCCC(=O)C(c1ccccc1)(c1ccccc1)C(C)CN1CCCCC1. The molecule has 1 unspecified atom stereocenters. The molecule has 0 aromatic heterocycles. The lowest BCUT2D eigenvalue weighted by Gasteiger charge is -2.42. The molecule has 3 rings (SSSR count). The lowest BCUT2D eigenvalue weighted by Crippen LogP contribution is -2.48. The van der Waals surface area contributed by atoms with Crippen LogP contribution in [0.1, 0.15) is 57.1 Å². The second-order valence-electron chi connectivity index (χ2n) is 7.98. The number of nitrogens with zero attached hydrogens (tertiary/aromatic N) is 1. The zero-order valence-electron chi connectivity index (χ0n) is 16.9. The monoisotopic (exact) mass is 363 g/mol. The number of hydrogen-bond donors (Lipinski definition) is 0. The summed E-state index contributed by atoms with van der Waals surface area (Å²) in [5.41, 5.74) is 1.70. The predicted octanol–water partition coefficient (Wildman–Crippen LogP) is 5.46. The number of Topliss-reactive ketones (excluding diaryl/α,β-unsaturated/α-hetero) is 1. The van der Waals surface area contributed by atoms with E-state index in [0.717, 1.165) is 37.2 Å². The summed E-state index contributed by atoms with van der Waals surface area (Å²) in [5, 5.41) is 0. The van der Waals surface area contributed by atoms with Crippen LogP contribution in [-0.2, 0) is 10.2 Å². The van der Waals surface area contributed by atoms with E-state index in [0.29, 0.717) is 12.2 Å². The molecule has 27 heavy (non-hydrogen) atoms. The molecule has 0 amide bonds. The number of benzene rings is 2. The lowest BCUT2D eigenvalue weighted by atomic mass is 9.62. The van der Waals surface area contributed by atoms with E-state index in [9.17, 15) is 4.79 Å². The standard InChI is InChI=1S/C25H33NO/c1-3-13-24(27)25(22-14-7-4-8-15-22,23-16-9-5-10-17-23)21(2)20-26-18-11-6-12-19-26/h4-5,7-10,14-17,21H,3,6,11-13,18-20H2,1-2H3. The number of carbonyl (C=O) groups excluding carboxylic acids is 1. The van der Waals surface area contributed by atoms with E-state index in [1.54, 1.807) is 0 Å². The highest BCUT2D eigenvalue weighted by molar-refractivity contribution is 5.94. The first-order valence-corrected chi connectivity index (χ1v) is 10.6. The van der Waals surface area contributed by atoms with Gasteiger partial charge in [-0.1, -0.05) is 80.9 Å². The number of carbonyl (C=O) groups is 1. The lowest BCUT2D eigenvalue weighted by molar-refractivity contribution is -0.125. The predicted molar refractivity (Wildman–Crippen MR) is 113 cm³/mol. The van der Waals surface area contributed by atoms with Crippen molar-refractivity contribution in [1.82, 2.24) is 4.90 Å². The van der Waals surface area contributed by atoms with Crippen molar-refractivity contribution in [3.63, 3.8) is 0 Å². The minimum absolute atomic E-state index is 0.222. The maximum Gasteiger partial charge on any atom is 0.148 e. The van der Waals surface area contributed by atoms with Crippen molar-refractivity contribution in [2.45, 2.75) is 51.4 Å². The molecule has 0 bridgehead atoms. The maximum atomic E-state index is 13.7.